The second-order valence-corrected chi connectivity index (χ2v) is 3.25. The smallest absolute Gasteiger partial charge is 0.415 e. The van der Waals surface area contributed by atoms with Gasteiger partial charge in [-0.2, -0.15) is 0 Å². The number of nitrogens with one attached hydrogen (secondary N) is 1. The van der Waals surface area contributed by atoms with Crippen molar-refractivity contribution in [1.29, 1.82) is 0 Å². The Kier molecular flexibility index (Phi) is 4.21. The van der Waals surface area contributed by atoms with E-state index in [-0.39, 0.29) is 5.56 Å². The van der Waals surface area contributed by atoms with Crippen molar-refractivity contribution in [2.75, 3.05) is 0 Å². The summed E-state index contributed by atoms with van der Waals surface area (Å²) in [6.45, 7) is 1.26. The van der Waals surface area contributed by atoms with Crippen LogP contribution in [0.2, 0.25) is 0 Å². The molecule has 0 unspecified atom stereocenters. The maximum atomic E-state index is 11.4. The summed E-state index contributed by atoms with van der Waals surface area (Å²) in [5, 5.41) is 10.5. The van der Waals surface area contributed by atoms with Gasteiger partial charge in [0.25, 0.3) is 0 Å². The lowest BCUT2D eigenvalue weighted by atomic mass is 10.2. The molecule has 0 aromatic heterocycles. The predicted molar refractivity (Wildman–Crippen MR) is 57.5 cm³/mol. The molecule has 0 spiro atoms. The molecule has 0 saturated carbocycles. The lowest BCUT2D eigenvalue weighted by Crippen LogP contribution is -2.39. The second-order valence-electron chi connectivity index (χ2n) is 3.25. The first-order valence-corrected chi connectivity index (χ1v) is 4.81. The number of hydrogen-bond acceptors (Lipinski definition) is 4. The summed E-state index contributed by atoms with van der Waals surface area (Å²) in [6, 6.07) is 6.80. The highest BCUT2D eigenvalue weighted by Crippen LogP contribution is 2.01. The normalized spacial score (nSPS) is 11.4. The monoisotopic (exact) mass is 237 g/mol. The van der Waals surface area contributed by atoms with Crippen LogP contribution in [0.5, 0.6) is 0 Å². The fraction of sp³-hybridized carbons (Fsp3) is 0.182. The Morgan fingerprint density at radius 2 is 1.82 bits per heavy atom. The van der Waals surface area contributed by atoms with Crippen molar-refractivity contribution < 1.29 is 24.2 Å². The maximum Gasteiger partial charge on any atom is 0.415 e. The van der Waals surface area contributed by atoms with Gasteiger partial charge in [0.15, 0.2) is 0 Å². The van der Waals surface area contributed by atoms with Crippen LogP contribution in [0, 0.1) is 0 Å². The lowest BCUT2D eigenvalue weighted by Gasteiger charge is -2.08. The Labute approximate surface area is 97.2 Å². The van der Waals surface area contributed by atoms with Gasteiger partial charge in [0.05, 0.1) is 5.56 Å². The number of aliphatic carboxylic acids is 1. The van der Waals surface area contributed by atoms with Crippen molar-refractivity contribution in [3.05, 3.63) is 35.9 Å². The van der Waals surface area contributed by atoms with E-state index >= 15 is 0 Å². The van der Waals surface area contributed by atoms with Gasteiger partial charge in [-0.05, 0) is 19.1 Å². The first-order valence-electron chi connectivity index (χ1n) is 4.81. The summed E-state index contributed by atoms with van der Waals surface area (Å²) in [4.78, 5) is 32.9. The van der Waals surface area contributed by atoms with E-state index < -0.39 is 24.1 Å². The van der Waals surface area contributed by atoms with Crippen LogP contribution >= 0.6 is 0 Å². The van der Waals surface area contributed by atoms with Gasteiger partial charge in [0.2, 0.25) is 0 Å². The molecule has 2 N–H and O–H groups in total. The van der Waals surface area contributed by atoms with E-state index in [0.717, 1.165) is 0 Å². The molecule has 1 atom stereocenters. The molecule has 17 heavy (non-hydrogen) atoms. The molecule has 1 amide bonds. The number of carbonyl (C=O) groups is 3. The zero-order valence-corrected chi connectivity index (χ0v) is 9.04. The van der Waals surface area contributed by atoms with E-state index in [0.29, 0.717) is 0 Å². The number of benzene rings is 1. The van der Waals surface area contributed by atoms with E-state index in [2.05, 4.69) is 4.74 Å². The van der Waals surface area contributed by atoms with Crippen LogP contribution in [-0.4, -0.2) is 29.2 Å². The van der Waals surface area contributed by atoms with Crippen LogP contribution in [0.1, 0.15) is 17.3 Å². The summed E-state index contributed by atoms with van der Waals surface area (Å²) >= 11 is 0. The highest BCUT2D eigenvalue weighted by molar-refractivity contribution is 5.96. The molecule has 0 saturated heterocycles. The molecule has 0 fully saturated rings. The van der Waals surface area contributed by atoms with Gasteiger partial charge in [-0.3, -0.25) is 4.79 Å². The van der Waals surface area contributed by atoms with Gasteiger partial charge in [0, 0.05) is 0 Å². The molecule has 1 aromatic rings. The van der Waals surface area contributed by atoms with Gasteiger partial charge in [-0.25, -0.2) is 9.59 Å². The Balaban J connectivity index is 2.53. The Bertz CT molecular complexity index is 429. The Hall–Kier alpha value is -2.37. The molecule has 6 heteroatoms. The number of hydrogen-bond donors (Lipinski definition) is 2. The van der Waals surface area contributed by atoms with Crippen LogP contribution in [0.4, 0.5) is 4.79 Å². The van der Waals surface area contributed by atoms with Crippen molar-refractivity contribution >= 4 is 18.0 Å². The number of rotatable bonds is 3. The van der Waals surface area contributed by atoms with Crippen LogP contribution < -0.4 is 5.32 Å². The number of amides is 1. The quantitative estimate of drug-likeness (QED) is 0.605. The minimum Gasteiger partial charge on any atom is -0.480 e. The van der Waals surface area contributed by atoms with Crippen molar-refractivity contribution in [3.63, 3.8) is 0 Å². The van der Waals surface area contributed by atoms with E-state index in [9.17, 15) is 14.4 Å². The largest absolute Gasteiger partial charge is 0.480 e. The summed E-state index contributed by atoms with van der Waals surface area (Å²) < 4.78 is 4.40. The third-order valence-corrected chi connectivity index (χ3v) is 1.90. The predicted octanol–water partition coefficient (Wildman–Crippen LogP) is 1.03. The standard InChI is InChI=1S/C11H11NO5/c1-7(9(13)14)12-11(16)17-10(15)8-5-3-2-4-6-8/h2-7H,1H3,(H,12,16)(H,13,14)/t7-/m0/s1. The van der Waals surface area contributed by atoms with Crippen molar-refractivity contribution in [2.45, 2.75) is 13.0 Å². The van der Waals surface area contributed by atoms with Gasteiger partial charge in [-0.1, -0.05) is 18.2 Å². The molecule has 0 heterocycles. The molecule has 0 bridgehead atoms. The van der Waals surface area contributed by atoms with Crippen LogP contribution in [0.3, 0.4) is 0 Å². The Morgan fingerprint density at radius 1 is 1.24 bits per heavy atom. The van der Waals surface area contributed by atoms with Gasteiger partial charge in [0.1, 0.15) is 6.04 Å². The zero-order valence-electron chi connectivity index (χ0n) is 9.04. The molecule has 1 aromatic carbocycles. The number of carboxylic acid groups (broad SMARTS) is 1. The third kappa shape index (κ3) is 3.94. The fourth-order valence-electron chi connectivity index (χ4n) is 0.985. The van der Waals surface area contributed by atoms with Crippen LogP contribution in [0.25, 0.3) is 0 Å². The molecule has 0 aliphatic rings. The maximum absolute atomic E-state index is 11.4. The van der Waals surface area contributed by atoms with E-state index in [1.807, 2.05) is 5.32 Å². The average molecular weight is 237 g/mol. The molecule has 0 aliphatic heterocycles. The SMILES string of the molecule is C[C@H](NC(=O)OC(=O)c1ccccc1)C(=O)O. The minimum absolute atomic E-state index is 0.214. The minimum atomic E-state index is -1.21. The highest BCUT2D eigenvalue weighted by Gasteiger charge is 2.18. The first-order chi connectivity index (χ1) is 8.00. The topological polar surface area (TPSA) is 92.7 Å². The highest BCUT2D eigenvalue weighted by atomic mass is 16.6. The summed E-state index contributed by atoms with van der Waals surface area (Å²) in [6.07, 6.45) is -1.09. The summed E-state index contributed by atoms with van der Waals surface area (Å²) in [7, 11) is 0. The van der Waals surface area contributed by atoms with Gasteiger partial charge < -0.3 is 15.2 Å². The third-order valence-electron chi connectivity index (χ3n) is 1.90. The number of alkyl carbamates (subject to hydrolysis) is 1. The molecule has 0 aliphatic carbocycles. The van der Waals surface area contributed by atoms with Gasteiger partial charge in [-0.15, -0.1) is 0 Å². The van der Waals surface area contributed by atoms with E-state index in [1.54, 1.807) is 18.2 Å². The van der Waals surface area contributed by atoms with Crippen molar-refractivity contribution in [3.8, 4) is 0 Å². The van der Waals surface area contributed by atoms with Crippen LogP contribution in [-0.2, 0) is 9.53 Å². The summed E-state index contributed by atoms with van der Waals surface area (Å²) in [5.74, 6) is -2.05. The van der Waals surface area contributed by atoms with E-state index in [4.69, 9.17) is 5.11 Å². The van der Waals surface area contributed by atoms with Crippen molar-refractivity contribution in [2.24, 2.45) is 0 Å². The number of esters is 1. The first kappa shape index (κ1) is 12.7. The zero-order chi connectivity index (χ0) is 12.8. The molecular weight excluding hydrogens is 226 g/mol. The number of ether oxygens (including phenoxy) is 1. The molecular formula is C11H11NO5. The molecule has 0 radical (unpaired) electrons. The van der Waals surface area contributed by atoms with Crippen LogP contribution in [0.15, 0.2) is 30.3 Å². The second kappa shape index (κ2) is 5.64. The van der Waals surface area contributed by atoms with Gasteiger partial charge >= 0.3 is 18.0 Å². The summed E-state index contributed by atoms with van der Waals surface area (Å²) in [5.41, 5.74) is 0.214. The van der Waals surface area contributed by atoms with E-state index in [1.165, 1.54) is 19.1 Å². The number of carbonyl (C=O) groups excluding carboxylic acids is 2. The average Bonchev–Trinajstić information content (AvgIpc) is 2.29. The lowest BCUT2D eigenvalue weighted by molar-refractivity contribution is -0.138. The molecule has 90 valence electrons. The Morgan fingerprint density at radius 3 is 2.35 bits per heavy atom. The molecule has 1 rings (SSSR count). The van der Waals surface area contributed by atoms with Crippen molar-refractivity contribution in [1.82, 2.24) is 5.32 Å². The fourth-order valence-corrected chi connectivity index (χ4v) is 0.985. The number of carboxylic acids is 1. The molecule has 6 nitrogen and oxygen atoms in total.